The van der Waals surface area contributed by atoms with Gasteiger partial charge in [0.25, 0.3) is 0 Å². The van der Waals surface area contributed by atoms with Crippen LogP contribution in [0, 0.1) is 38.5 Å². The molecule has 0 bridgehead atoms. The first-order valence-corrected chi connectivity index (χ1v) is 25.7. The van der Waals surface area contributed by atoms with Crippen molar-refractivity contribution in [2.24, 2.45) is 0 Å². The molecule has 0 atom stereocenters. The molecule has 0 heterocycles. The fourth-order valence-electron chi connectivity index (χ4n) is 3.07. The van der Waals surface area contributed by atoms with E-state index >= 15 is 0 Å². The Morgan fingerprint density at radius 3 is 0.302 bits per heavy atom. The van der Waals surface area contributed by atoms with Gasteiger partial charge in [-0.15, -0.1) is 0 Å². The fourth-order valence-corrected chi connectivity index (χ4v) is 3.07. The van der Waals surface area contributed by atoms with Gasteiger partial charge in [0.05, 0.1) is 53.8 Å². The van der Waals surface area contributed by atoms with Crippen LogP contribution in [0.3, 0.4) is 0 Å². The maximum atomic E-state index is 10.0. The van der Waals surface area contributed by atoms with E-state index in [9.17, 15) is 57.5 Å². The Balaban J connectivity index is -0.0000000304. The number of allylic oxidation sites excluding steroid dienone is 12. The summed E-state index contributed by atoms with van der Waals surface area (Å²) < 4.78 is 0. The average Bonchev–Trinajstić information content (AvgIpc) is 3.26. The molecule has 38 heteroatoms. The predicted octanol–water partition coefficient (Wildman–Crippen LogP) is 9.80. The molecule has 3 radical (unpaired) electrons. The van der Waals surface area contributed by atoms with Crippen LogP contribution in [0.4, 0.5) is 0 Å². The number of Topliss-reactive ketones (excluding diaryl/α,β-unsaturated/α-hetero) is 6. The molecule has 34 nitrogen and oxygen atoms in total. The summed E-state index contributed by atoms with van der Waals surface area (Å²) in [5.74, 6) is -0.750. The van der Waals surface area contributed by atoms with Crippen LogP contribution in [-0.2, 0) is 109 Å². The van der Waals surface area contributed by atoms with Gasteiger partial charge in [-0.05, 0) is 178 Å². The topological polar surface area (TPSA) is 678 Å². The maximum Gasteiger partial charge on any atom is 0.155 e. The minimum absolute atomic E-state index is 0. The summed E-state index contributed by atoms with van der Waals surface area (Å²) in [6.45, 7) is 21.5. The quantitative estimate of drug-likeness (QED) is 0.0284. The van der Waals surface area contributed by atoms with E-state index in [2.05, 4.69) is 0 Å². The maximum absolute atomic E-state index is 10.0. The monoisotopic (exact) mass is 1770 g/mol. The molecule has 0 aromatic heterocycles. The van der Waals surface area contributed by atoms with Gasteiger partial charge in [-0.2, -0.15) is 0 Å². The first kappa shape index (κ1) is 155. The zero-order chi connectivity index (χ0) is 77.2. The second-order valence-electron chi connectivity index (χ2n) is 15.8. The minimum atomic E-state index is -0.500. The molecule has 96 heavy (non-hydrogen) atoms. The van der Waals surface area contributed by atoms with Gasteiger partial charge >= 0.3 is 0 Å². The molecule has 1 rings (SSSR count). The molecule has 22 N–H and O–H groups in total. The van der Waals surface area contributed by atoms with Crippen molar-refractivity contribution in [2.45, 2.75) is 170 Å². The molecule has 1 fully saturated rings. The summed E-state index contributed by atoms with van der Waals surface area (Å²) in [4.78, 5) is 120. The van der Waals surface area contributed by atoms with Crippen molar-refractivity contribution in [3.05, 3.63) is 124 Å². The van der Waals surface area contributed by atoms with Crippen molar-refractivity contribution < 1.29 is 211 Å². The third-order valence-electron chi connectivity index (χ3n) is 4.97. The molecule has 1 saturated carbocycles. The van der Waals surface area contributed by atoms with Gasteiger partial charge < -0.3 is 125 Å². The largest absolute Gasteiger partial charge is 0.655 e. The minimum Gasteiger partial charge on any atom is -0.655 e. The summed E-state index contributed by atoms with van der Waals surface area (Å²) in [7, 11) is 0. The molecule has 0 amide bonds. The number of ketones is 12. The predicted molar refractivity (Wildman–Crippen MR) is 356 cm³/mol. The molecular weight excluding hydrogens is 1650 g/mol. The van der Waals surface area contributed by atoms with Crippen LogP contribution in [0.1, 0.15) is 170 Å². The summed E-state index contributed by atoms with van der Waals surface area (Å²) >= 11 is 0. The first-order chi connectivity index (χ1) is 41.4. The standard InChI is InChI=1S/9C5H8O2.C4H8.8CH4NO.CH3.3Cu.U/c9*1-4(6)3-5(2)7;1-2-4-3-1;8*2-1-3;;;;;/h3*3H2,1-2H3;6*3,6H,1-2H3;1-4H2;8*2-3H,1H2;1H3;;;;/q;;;;;;;;;;9*-1;;;;/b;;;4*4-3-;;;;;;;;;;;;;;;;. The Morgan fingerprint density at radius 1 is 0.240 bits per heavy atom. The van der Waals surface area contributed by atoms with Gasteiger partial charge in [0.2, 0.25) is 0 Å². The number of rotatable bonds is 12. The van der Waals surface area contributed by atoms with E-state index in [0.29, 0.717) is 0 Å². The normalized spacial score (nSPS) is 9.31. The Hall–Kier alpha value is -4.75. The fraction of sp³-hybridized carbons (Fsp3) is 0.569. The van der Waals surface area contributed by atoms with Crippen LogP contribution >= 0.6 is 0 Å². The zero-order valence-electron chi connectivity index (χ0n) is 58.6. The third kappa shape index (κ3) is 559. The van der Waals surface area contributed by atoms with E-state index < -0.39 is 53.8 Å². The smallest absolute Gasteiger partial charge is 0.155 e. The second-order valence-corrected chi connectivity index (χ2v) is 15.8. The summed E-state index contributed by atoms with van der Waals surface area (Å²) in [6.07, 6.45) is 13.2. The van der Waals surface area contributed by atoms with E-state index in [1.807, 2.05) is 0 Å². The Kier molecular flexibility index (Phi) is 235. The van der Waals surface area contributed by atoms with Crippen LogP contribution in [0.25, 0.3) is 45.9 Å². The number of hydrogen-bond acceptors (Lipinski definition) is 26. The average molecular weight is 1770 g/mol. The molecule has 0 saturated heterocycles. The van der Waals surface area contributed by atoms with E-state index in [0.717, 1.165) is 0 Å². The van der Waals surface area contributed by atoms with Gasteiger partial charge in [-0.1, -0.05) is 25.7 Å². The van der Waals surface area contributed by atoms with Crippen molar-refractivity contribution in [1.82, 2.24) is 0 Å². The van der Waals surface area contributed by atoms with E-state index in [1.165, 1.54) is 187 Å². The number of aliphatic hydroxyl groups is 14. The van der Waals surface area contributed by atoms with Crippen LogP contribution in [0.5, 0.6) is 0 Å². The Morgan fingerprint density at radius 2 is 0.302 bits per heavy atom. The summed E-state index contributed by atoms with van der Waals surface area (Å²) in [5, 5.41) is 108. The number of hydrogen-bond donors (Lipinski definition) is 14. The van der Waals surface area contributed by atoms with Crippen LogP contribution in [-0.4, -0.2) is 195 Å². The van der Waals surface area contributed by atoms with Crippen molar-refractivity contribution in [2.75, 3.05) is 53.8 Å². The number of aliphatic hydroxyl groups excluding tert-OH is 14. The van der Waals surface area contributed by atoms with E-state index in [4.69, 9.17) is 117 Å². The van der Waals surface area contributed by atoms with Crippen LogP contribution < -0.4 is 0 Å². The first-order valence-electron chi connectivity index (χ1n) is 25.7. The zero-order valence-corrected chi connectivity index (χ0v) is 65.6. The van der Waals surface area contributed by atoms with Crippen LogP contribution in [0.15, 0.2) is 71.0 Å². The van der Waals surface area contributed by atoms with Gasteiger partial charge in [0.15, 0.2) is 34.7 Å². The summed E-state index contributed by atoms with van der Waals surface area (Å²) in [6, 6.07) is 0. The molecule has 0 unspecified atom stereocenters. The van der Waals surface area contributed by atoms with Gasteiger partial charge in [-0.25, -0.2) is 0 Å². The molecule has 0 aliphatic heterocycles. The second kappa shape index (κ2) is 146. The van der Waals surface area contributed by atoms with Gasteiger partial charge in [0.1, 0.15) is 34.7 Å². The Bertz CT molecular complexity index is 1600. The number of carbonyl (C=O) groups is 12. The number of nitrogens with one attached hydrogen (secondary N) is 8. The summed E-state index contributed by atoms with van der Waals surface area (Å²) in [5.41, 5.74) is 46.1. The molecule has 0 spiro atoms. The third-order valence-corrected chi connectivity index (χ3v) is 4.97. The van der Waals surface area contributed by atoms with Gasteiger partial charge in [-0.3, -0.25) is 57.5 Å². The van der Waals surface area contributed by atoms with Crippen molar-refractivity contribution >= 4 is 69.4 Å². The molecule has 1 aliphatic rings. The van der Waals surface area contributed by atoms with Crippen molar-refractivity contribution in [1.29, 1.82) is 0 Å². The van der Waals surface area contributed by atoms with E-state index in [1.54, 1.807) is 0 Å². The number of carbonyl (C=O) groups excluding carboxylic acids is 12. The van der Waals surface area contributed by atoms with Crippen molar-refractivity contribution in [3.63, 3.8) is 0 Å². The molecule has 1 aliphatic carbocycles. The molecule has 589 valence electrons. The van der Waals surface area contributed by atoms with E-state index in [-0.39, 0.29) is 213 Å². The van der Waals surface area contributed by atoms with Gasteiger partial charge in [0, 0.05) is 119 Å². The Labute approximate surface area is 624 Å². The molecule has 0 aromatic rings. The molecular formula is C58H115Cu3N8O26U-9. The SMILES string of the molecule is C1CCC1.CC(=O)/C=C(/C)O.CC(=O)/C=C(/C)O.CC(=O)/C=C(/C)O.CC(=O)/C=C(/C)O.CC(=O)C=C(C)O.CC(=O)C=C(C)O.CC(=O)CC(C)=O.CC(=O)CC(C)=O.CC(=O)CC(C)=O.[CH3-].[Cu].[Cu].[Cu].[NH-]CO.[NH-]CO.[NH-]CO.[NH-]CO.[NH-]CO.[NH-]CO.[NH-]CO.[NH-]CO.[U]. The van der Waals surface area contributed by atoms with Crippen LogP contribution in [0.2, 0.25) is 0 Å². The van der Waals surface area contributed by atoms with Crippen molar-refractivity contribution in [3.8, 4) is 0 Å². The molecule has 0 aromatic carbocycles.